The first kappa shape index (κ1) is 38.6. The van der Waals surface area contributed by atoms with Crippen molar-refractivity contribution in [2.75, 3.05) is 5.32 Å². The highest BCUT2D eigenvalue weighted by Crippen LogP contribution is 2.54. The van der Waals surface area contributed by atoms with Gasteiger partial charge in [-0.05, 0) is 133 Å². The van der Waals surface area contributed by atoms with E-state index in [1.54, 1.807) is 56.3 Å². The lowest BCUT2D eigenvalue weighted by molar-refractivity contribution is 0.102. The van der Waals surface area contributed by atoms with Crippen molar-refractivity contribution in [1.82, 2.24) is 0 Å². The van der Waals surface area contributed by atoms with Gasteiger partial charge in [-0.2, -0.15) is 25.6 Å². The third-order valence-corrected chi connectivity index (χ3v) is 9.83. The van der Waals surface area contributed by atoms with E-state index in [4.69, 9.17) is 0 Å². The quantitative estimate of drug-likeness (QED) is 0.0597. The molecule has 0 bridgehead atoms. The minimum Gasteiger partial charge on any atom is -0.508 e. The molecule has 0 aliphatic rings. The summed E-state index contributed by atoms with van der Waals surface area (Å²) in [6, 6.07) is 27.2. The van der Waals surface area contributed by atoms with E-state index in [9.17, 15) is 42.3 Å². The highest BCUT2D eigenvalue weighted by Gasteiger charge is 2.26. The molecule has 0 radical (unpaired) electrons. The monoisotopic (exact) mass is 783 g/mol. The Labute approximate surface area is 316 Å². The summed E-state index contributed by atoms with van der Waals surface area (Å²) in [5, 5.41) is 49.0. The van der Waals surface area contributed by atoms with Crippen molar-refractivity contribution in [1.29, 1.82) is 0 Å². The zero-order valence-corrected chi connectivity index (χ0v) is 30.5. The predicted molar refractivity (Wildman–Crippen MR) is 210 cm³/mol. The molecule has 16 nitrogen and oxygen atoms in total. The summed E-state index contributed by atoms with van der Waals surface area (Å²) >= 11 is 0. The van der Waals surface area contributed by atoms with Gasteiger partial charge in [-0.25, -0.2) is 0 Å². The maximum absolute atomic E-state index is 12.7. The van der Waals surface area contributed by atoms with Crippen LogP contribution in [0, 0.1) is 13.8 Å². The Kier molecular flexibility index (Phi) is 11.0. The van der Waals surface area contributed by atoms with Gasteiger partial charge in [0, 0.05) is 16.6 Å². The van der Waals surface area contributed by atoms with Crippen molar-refractivity contribution in [3.8, 4) is 11.5 Å². The fourth-order valence-corrected chi connectivity index (χ4v) is 6.41. The number of aryl methyl sites for hydroxylation is 2. The van der Waals surface area contributed by atoms with E-state index in [1.807, 2.05) is 0 Å². The highest BCUT2D eigenvalue weighted by molar-refractivity contribution is 8.19. The van der Waals surface area contributed by atoms with Crippen LogP contribution in [0.4, 0.5) is 39.8 Å². The number of nitrogens with one attached hydrogen (secondary N) is 1. The van der Waals surface area contributed by atoms with Gasteiger partial charge in [0.1, 0.15) is 33.2 Å². The zero-order chi connectivity index (χ0) is 39.5. The van der Waals surface area contributed by atoms with Gasteiger partial charge in [-0.15, -0.1) is 5.11 Å². The van der Waals surface area contributed by atoms with E-state index in [0.29, 0.717) is 45.3 Å². The largest absolute Gasteiger partial charge is 0.508 e. The lowest BCUT2D eigenvalue weighted by Gasteiger charge is -2.22. The number of hydrogen-bond acceptors (Lipinski definition) is 15. The predicted octanol–water partition coefficient (Wildman–Crippen LogP) is 12.5. The first-order valence-corrected chi connectivity index (χ1v) is 19.0. The second kappa shape index (κ2) is 15.7. The third-order valence-electron chi connectivity index (χ3n) is 8.04. The molecule has 0 aliphatic heterocycles. The van der Waals surface area contributed by atoms with Crippen LogP contribution in [0.25, 0.3) is 10.8 Å². The van der Waals surface area contributed by atoms with Crippen molar-refractivity contribution < 1.29 is 42.3 Å². The number of fused-ring (bicyclic) bond motifs is 1. The molecule has 282 valence electrons. The smallest absolute Gasteiger partial charge is 0.255 e. The number of anilines is 1. The van der Waals surface area contributed by atoms with Gasteiger partial charge >= 0.3 is 0 Å². The molecule has 0 saturated heterocycles. The molecule has 18 heteroatoms. The Hall–Kier alpha value is -6.09. The average Bonchev–Trinajstić information content (AvgIpc) is 3.14. The molecular formula is C37H33N7O9S2. The van der Waals surface area contributed by atoms with Crippen molar-refractivity contribution in [2.45, 2.75) is 23.6 Å². The molecule has 0 atom stereocenters. The van der Waals surface area contributed by atoms with E-state index in [2.05, 4.69) is 36.0 Å². The van der Waals surface area contributed by atoms with Crippen molar-refractivity contribution >= 4 is 78.2 Å². The number of rotatable bonds is 10. The molecule has 0 aliphatic carbocycles. The molecule has 1 amide bonds. The molecule has 9 N–H and O–H groups in total. The minimum atomic E-state index is -4.41. The second-order valence-electron chi connectivity index (χ2n) is 12.1. The number of carbonyl (C=O) groups excluding carboxylic acids is 1. The van der Waals surface area contributed by atoms with Crippen molar-refractivity contribution in [2.24, 2.45) is 30.7 Å². The molecule has 0 unspecified atom stereocenters. The Morgan fingerprint density at radius 3 is 1.76 bits per heavy atom. The summed E-state index contributed by atoms with van der Waals surface area (Å²) in [6.07, 6.45) is 0. The third kappa shape index (κ3) is 9.35. The van der Waals surface area contributed by atoms with Gasteiger partial charge in [-0.3, -0.25) is 4.79 Å². The lowest BCUT2D eigenvalue weighted by atomic mass is 10.1. The Morgan fingerprint density at radius 1 is 0.582 bits per heavy atom. The number of hydrogen-bond donors (Lipinski definition) is 9. The molecule has 6 aromatic rings. The SMILES string of the molecule is Cc1cc(N=Nc2c(S(O)(O)O)cc3cc(NC(=O)c4ccc(O)cc4)ccc3c2O)c(C)cc1N=Nc1ccc(N=Nc2cccc(S(O)(O)O)c2)cc1. The van der Waals surface area contributed by atoms with Crippen molar-refractivity contribution in [3.63, 3.8) is 0 Å². The summed E-state index contributed by atoms with van der Waals surface area (Å²) in [4.78, 5) is 12.1. The van der Waals surface area contributed by atoms with Crippen LogP contribution in [0.1, 0.15) is 21.5 Å². The van der Waals surface area contributed by atoms with Gasteiger partial charge in [0.05, 0.1) is 38.2 Å². The molecule has 0 aromatic heterocycles. The first-order chi connectivity index (χ1) is 26.0. The molecule has 6 aromatic carbocycles. The lowest BCUT2D eigenvalue weighted by Crippen LogP contribution is -2.11. The van der Waals surface area contributed by atoms with Crippen LogP contribution in [0.15, 0.2) is 150 Å². The van der Waals surface area contributed by atoms with Crippen LogP contribution in [0.3, 0.4) is 0 Å². The minimum absolute atomic E-state index is 0.00421. The number of phenolic OH excluding ortho intramolecular Hbond substituents is 2. The number of aromatic hydroxyl groups is 2. The fourth-order valence-electron chi connectivity index (χ4n) is 5.19. The molecule has 0 heterocycles. The summed E-state index contributed by atoms with van der Waals surface area (Å²) in [5.74, 6) is -0.946. The van der Waals surface area contributed by atoms with Crippen LogP contribution < -0.4 is 5.32 Å². The summed E-state index contributed by atoms with van der Waals surface area (Å²) in [6.45, 7) is 3.53. The summed E-state index contributed by atoms with van der Waals surface area (Å²) < 4.78 is 59.2. The maximum Gasteiger partial charge on any atom is 0.255 e. The number of carbonyl (C=O) groups is 1. The molecule has 55 heavy (non-hydrogen) atoms. The van der Waals surface area contributed by atoms with E-state index >= 15 is 0 Å². The highest BCUT2D eigenvalue weighted by atomic mass is 32.3. The van der Waals surface area contributed by atoms with Crippen LogP contribution in [-0.4, -0.2) is 43.4 Å². The molecule has 0 fully saturated rings. The number of nitrogens with zero attached hydrogens (tertiary/aromatic N) is 6. The van der Waals surface area contributed by atoms with Gasteiger partial charge < -0.3 is 42.8 Å². The Morgan fingerprint density at radius 2 is 1.16 bits per heavy atom. The molecule has 6 rings (SSSR count). The van der Waals surface area contributed by atoms with E-state index < -0.39 is 38.3 Å². The van der Waals surface area contributed by atoms with Crippen LogP contribution in [-0.2, 0) is 0 Å². The number of azo groups is 3. The number of benzene rings is 6. The first-order valence-electron chi connectivity index (χ1n) is 16.0. The topological polar surface area (TPSA) is 265 Å². The number of amides is 1. The van der Waals surface area contributed by atoms with Gasteiger partial charge in [0.25, 0.3) is 5.91 Å². The Balaban J connectivity index is 1.19. The normalized spacial score (nSPS) is 12.9. The van der Waals surface area contributed by atoms with Gasteiger partial charge in [-0.1, -0.05) is 6.07 Å². The van der Waals surface area contributed by atoms with Crippen LogP contribution in [0.5, 0.6) is 11.5 Å². The average molecular weight is 784 g/mol. The molecular weight excluding hydrogens is 751 g/mol. The summed E-state index contributed by atoms with van der Waals surface area (Å²) in [7, 11) is -8.28. The molecule has 0 saturated carbocycles. The van der Waals surface area contributed by atoms with Gasteiger partial charge in [0.15, 0.2) is 5.75 Å². The number of phenols is 2. The van der Waals surface area contributed by atoms with E-state index in [0.717, 1.165) is 0 Å². The molecule has 0 spiro atoms. The maximum atomic E-state index is 12.7. The van der Waals surface area contributed by atoms with Crippen molar-refractivity contribution in [3.05, 3.63) is 126 Å². The standard InChI is InChI=1S/C37H33N7O9S2/c1-21-17-33(22(2)16-32(21)42-40-26-10-8-25(9-11-26)39-41-28-4-3-5-30(20-28)54(48,49)50)43-44-35-34(55(51,52)53)19-24-18-27(12-15-31(24)36(35)46)38-37(47)23-6-13-29(45)14-7-23/h3-20,45-46,48-53H,1-2H3,(H,38,47). The fraction of sp³-hybridized carbons (Fsp3) is 0.0541. The van der Waals surface area contributed by atoms with Crippen LogP contribution >= 0.6 is 21.7 Å². The Bertz CT molecular complexity index is 2500. The van der Waals surface area contributed by atoms with Gasteiger partial charge in [0.2, 0.25) is 0 Å². The van der Waals surface area contributed by atoms with E-state index in [-0.39, 0.29) is 32.7 Å². The van der Waals surface area contributed by atoms with Crippen LogP contribution in [0.2, 0.25) is 0 Å². The van der Waals surface area contributed by atoms with E-state index in [1.165, 1.54) is 66.7 Å². The summed E-state index contributed by atoms with van der Waals surface area (Å²) in [5.41, 5.74) is 3.75. The zero-order valence-electron chi connectivity index (χ0n) is 28.9. The second-order valence-corrected chi connectivity index (χ2v) is 15.1.